The molecule has 1 aromatic heterocycles. The molecular formula is C24H41N4O5P. The maximum atomic E-state index is 13.6. The second-order valence-electron chi connectivity index (χ2n) is 10.3. The second kappa shape index (κ2) is 10.2. The lowest BCUT2D eigenvalue weighted by molar-refractivity contribution is -0.146. The first kappa shape index (κ1) is 27.0. The van der Waals surface area contributed by atoms with Crippen LogP contribution in [-0.4, -0.2) is 58.2 Å². The lowest BCUT2D eigenvalue weighted by atomic mass is 9.70. The Morgan fingerprint density at radius 2 is 1.91 bits per heavy atom. The van der Waals surface area contributed by atoms with Crippen LogP contribution in [0.2, 0.25) is 0 Å². The van der Waals surface area contributed by atoms with E-state index in [4.69, 9.17) is 18.8 Å². The molecule has 0 spiro atoms. The highest BCUT2D eigenvalue weighted by atomic mass is 31.2. The molecule has 2 aliphatic carbocycles. The molecule has 0 saturated heterocycles. The number of hydrogen-bond acceptors (Lipinski definition) is 8. The van der Waals surface area contributed by atoms with Crippen LogP contribution in [0.25, 0.3) is 0 Å². The molecule has 2 bridgehead atoms. The summed E-state index contributed by atoms with van der Waals surface area (Å²) in [6.45, 7) is 15.5. The highest BCUT2D eigenvalue weighted by Crippen LogP contribution is 2.64. The Morgan fingerprint density at radius 3 is 2.44 bits per heavy atom. The number of nitrogens with zero attached hydrogens (tertiary/aromatic N) is 4. The number of carbonyl (C=O) groups excluding carboxylic acids is 1. The monoisotopic (exact) mass is 496 g/mol. The number of fused-ring (bicyclic) bond motifs is 2. The van der Waals surface area contributed by atoms with Crippen LogP contribution in [0.4, 0.5) is 0 Å². The van der Waals surface area contributed by atoms with E-state index in [0.29, 0.717) is 24.2 Å². The fourth-order valence-electron chi connectivity index (χ4n) is 5.57. The molecule has 0 amide bonds. The first-order valence-corrected chi connectivity index (χ1v) is 14.0. The summed E-state index contributed by atoms with van der Waals surface area (Å²) >= 11 is 0. The van der Waals surface area contributed by atoms with Gasteiger partial charge in [-0.05, 0) is 58.3 Å². The van der Waals surface area contributed by atoms with Gasteiger partial charge in [0.2, 0.25) is 0 Å². The summed E-state index contributed by atoms with van der Waals surface area (Å²) < 4.78 is 31.6. The van der Waals surface area contributed by atoms with Gasteiger partial charge in [-0.2, -0.15) is 0 Å². The molecule has 0 N–H and O–H groups in total. The zero-order valence-electron chi connectivity index (χ0n) is 21.8. The normalized spacial score (nSPS) is 26.7. The van der Waals surface area contributed by atoms with Crippen molar-refractivity contribution < 1.29 is 23.1 Å². The maximum absolute atomic E-state index is 13.6. The average molecular weight is 497 g/mol. The molecule has 3 atom stereocenters. The Labute approximate surface area is 203 Å². The van der Waals surface area contributed by atoms with Gasteiger partial charge in [-0.15, -0.1) is 5.10 Å². The Balaban J connectivity index is 1.72. The predicted octanol–water partition coefficient (Wildman–Crippen LogP) is 4.70. The minimum atomic E-state index is -3.82. The number of ether oxygens (including phenoxy) is 1. The summed E-state index contributed by atoms with van der Waals surface area (Å²) in [6, 6.07) is 0. The van der Waals surface area contributed by atoms with E-state index in [-0.39, 0.29) is 31.7 Å². The van der Waals surface area contributed by atoms with E-state index in [9.17, 15) is 9.36 Å². The third-order valence-electron chi connectivity index (χ3n) is 8.17. The molecule has 0 aromatic carbocycles. The van der Waals surface area contributed by atoms with Crippen molar-refractivity contribution in [2.75, 3.05) is 26.4 Å². The molecule has 9 nitrogen and oxygen atoms in total. The predicted molar refractivity (Wildman–Crippen MR) is 131 cm³/mol. The van der Waals surface area contributed by atoms with E-state index in [1.807, 2.05) is 0 Å². The smallest absolute Gasteiger partial charge is 0.348 e. The summed E-state index contributed by atoms with van der Waals surface area (Å²) in [5, 5.41) is 6.91. The zero-order chi connectivity index (χ0) is 25.2. The third kappa shape index (κ3) is 4.63. The highest BCUT2D eigenvalue weighted by molar-refractivity contribution is 7.56. The van der Waals surface area contributed by atoms with Gasteiger partial charge in [-0.25, -0.2) is 0 Å². The van der Waals surface area contributed by atoms with Crippen LogP contribution in [0, 0.1) is 16.7 Å². The van der Waals surface area contributed by atoms with Gasteiger partial charge in [0.15, 0.2) is 5.16 Å². The van der Waals surface area contributed by atoms with Crippen molar-refractivity contribution >= 4 is 19.3 Å². The van der Waals surface area contributed by atoms with Crippen molar-refractivity contribution in [1.29, 1.82) is 0 Å². The molecular weight excluding hydrogens is 455 g/mol. The molecule has 1 heterocycles. The third-order valence-corrected chi connectivity index (χ3v) is 10.9. The lowest BCUT2D eigenvalue weighted by Gasteiger charge is -2.34. The SMILES string of the molecule is CCOC(=O)C(C)(Cc1cn(CCN=C2C[C@H]3CC[C@]2(C)C3(C)C)nn1)P(=O)(OCC)OCC. The fraction of sp³-hybridized carbons (Fsp3) is 0.833. The molecule has 10 heteroatoms. The Kier molecular flexibility index (Phi) is 8.10. The van der Waals surface area contributed by atoms with Crippen LogP contribution in [0.3, 0.4) is 0 Å². The fourth-order valence-corrected chi connectivity index (χ4v) is 7.53. The van der Waals surface area contributed by atoms with E-state index < -0.39 is 18.7 Å². The Morgan fingerprint density at radius 1 is 1.24 bits per heavy atom. The summed E-state index contributed by atoms with van der Waals surface area (Å²) in [4.78, 5) is 17.9. The number of rotatable bonds is 12. The first-order valence-electron chi connectivity index (χ1n) is 12.5. The highest BCUT2D eigenvalue weighted by Gasteiger charge is 2.59. The van der Waals surface area contributed by atoms with Gasteiger partial charge < -0.3 is 13.8 Å². The van der Waals surface area contributed by atoms with Gasteiger partial charge in [-0.1, -0.05) is 26.0 Å². The Bertz CT molecular complexity index is 951. The van der Waals surface area contributed by atoms with E-state index in [0.717, 1.165) is 12.3 Å². The van der Waals surface area contributed by atoms with Crippen LogP contribution in [-0.2, 0) is 36.1 Å². The molecule has 2 fully saturated rings. The summed E-state index contributed by atoms with van der Waals surface area (Å²) in [6.07, 6.45) is 5.40. The number of carbonyl (C=O) groups is 1. The number of esters is 1. The molecule has 192 valence electrons. The summed E-state index contributed by atoms with van der Waals surface area (Å²) in [7, 11) is -3.82. The molecule has 1 unspecified atom stereocenters. The minimum absolute atomic E-state index is 0.0333. The van der Waals surface area contributed by atoms with E-state index in [1.54, 1.807) is 38.6 Å². The quantitative estimate of drug-likeness (QED) is 0.305. The standard InChI is InChI=1S/C24H41N4O5P/c1-8-31-21(29)24(7,34(30,32-9-2)33-10-3)16-19-17-28(27-26-19)14-13-25-20-15-18-11-12-23(20,6)22(18,4)5/h17-18H,8-16H2,1-7H3/t18-,23+,24?/m1/s1. The average Bonchev–Trinajstić information content (AvgIpc) is 3.36. The molecule has 3 rings (SSSR count). The molecule has 2 saturated carbocycles. The lowest BCUT2D eigenvalue weighted by Crippen LogP contribution is -2.40. The van der Waals surface area contributed by atoms with Crippen molar-refractivity contribution in [3.8, 4) is 0 Å². The van der Waals surface area contributed by atoms with Gasteiger partial charge in [0.1, 0.15) is 0 Å². The molecule has 1 aromatic rings. The van der Waals surface area contributed by atoms with Crippen LogP contribution in [0.15, 0.2) is 11.2 Å². The van der Waals surface area contributed by atoms with Gasteiger partial charge in [0, 0.05) is 23.7 Å². The van der Waals surface area contributed by atoms with Crippen LogP contribution >= 0.6 is 7.60 Å². The zero-order valence-corrected chi connectivity index (χ0v) is 22.7. The van der Waals surface area contributed by atoms with E-state index >= 15 is 0 Å². The minimum Gasteiger partial charge on any atom is -0.465 e. The van der Waals surface area contributed by atoms with Crippen molar-refractivity contribution in [2.45, 2.75) is 85.9 Å². The summed E-state index contributed by atoms with van der Waals surface area (Å²) in [5.41, 5.74) is 2.35. The topological polar surface area (TPSA) is 105 Å². The van der Waals surface area contributed by atoms with Crippen molar-refractivity contribution in [3.05, 3.63) is 11.9 Å². The van der Waals surface area contributed by atoms with Gasteiger partial charge in [0.25, 0.3) is 0 Å². The van der Waals surface area contributed by atoms with Gasteiger partial charge in [0.05, 0.1) is 38.6 Å². The van der Waals surface area contributed by atoms with Crippen LogP contribution < -0.4 is 0 Å². The molecule has 0 radical (unpaired) electrons. The molecule has 2 aliphatic rings. The van der Waals surface area contributed by atoms with Crippen molar-refractivity contribution in [1.82, 2.24) is 15.0 Å². The van der Waals surface area contributed by atoms with Gasteiger partial charge in [-0.3, -0.25) is 19.0 Å². The van der Waals surface area contributed by atoms with Crippen molar-refractivity contribution in [2.24, 2.45) is 21.7 Å². The summed E-state index contributed by atoms with van der Waals surface area (Å²) in [5.74, 6) is 0.0921. The first-order chi connectivity index (χ1) is 16.0. The maximum Gasteiger partial charge on any atom is 0.348 e. The van der Waals surface area contributed by atoms with Crippen LogP contribution in [0.1, 0.15) is 73.4 Å². The Hall–Kier alpha value is -1.57. The number of hydrogen-bond donors (Lipinski definition) is 0. The molecule has 34 heavy (non-hydrogen) atoms. The number of aliphatic imine (C=N–C) groups is 1. The van der Waals surface area contributed by atoms with Crippen LogP contribution in [0.5, 0.6) is 0 Å². The van der Waals surface area contributed by atoms with Crippen molar-refractivity contribution in [3.63, 3.8) is 0 Å². The van der Waals surface area contributed by atoms with E-state index in [1.165, 1.54) is 18.6 Å². The van der Waals surface area contributed by atoms with E-state index in [2.05, 4.69) is 31.1 Å². The molecule has 0 aliphatic heterocycles. The largest absolute Gasteiger partial charge is 0.465 e. The van der Waals surface area contributed by atoms with Gasteiger partial charge >= 0.3 is 13.6 Å². The second-order valence-corrected chi connectivity index (χ2v) is 12.8. The number of aromatic nitrogens is 3.